The molecule has 1 heterocycles. The normalized spacial score (nSPS) is 11.8. The topological polar surface area (TPSA) is 26.0 Å². The van der Waals surface area contributed by atoms with Crippen molar-refractivity contribution in [3.63, 3.8) is 0 Å². The Bertz CT molecular complexity index is 568. The van der Waals surface area contributed by atoms with Crippen LogP contribution in [0.4, 0.5) is 13.2 Å². The summed E-state index contributed by atoms with van der Waals surface area (Å²) in [6.45, 7) is 0. The van der Waals surface area contributed by atoms with Crippen LogP contribution in [0.3, 0.4) is 0 Å². The third kappa shape index (κ3) is 2.70. The average Bonchev–Trinajstić information content (AvgIpc) is 2.76. The Hall–Kier alpha value is -1.01. The molecule has 0 atom stereocenters. The number of hydrogen-bond donors (Lipinski definition) is 0. The van der Waals surface area contributed by atoms with Gasteiger partial charge in [0.25, 0.3) is 0 Å². The van der Waals surface area contributed by atoms with Gasteiger partial charge in [-0.25, -0.2) is 4.98 Å². The van der Waals surface area contributed by atoms with Gasteiger partial charge in [0.15, 0.2) is 0 Å². The van der Waals surface area contributed by atoms with Crippen LogP contribution < -0.4 is 0 Å². The average molecular weight is 341 g/mol. The lowest BCUT2D eigenvalue weighted by atomic mass is 10.1. The Morgan fingerprint density at radius 3 is 2.61 bits per heavy atom. The third-order valence-electron chi connectivity index (χ3n) is 2.21. The molecule has 0 N–H and O–H groups in total. The standard InChI is InChI=1S/C11H6BrClF3NO/c12-9-2-1-6(11(14,15)16)3-8(9)10-17-7(4-13)5-18-10/h1-3,5H,4H2. The van der Waals surface area contributed by atoms with E-state index in [1.165, 1.54) is 12.3 Å². The molecule has 2 aromatic rings. The van der Waals surface area contributed by atoms with Crippen LogP contribution in [0.2, 0.25) is 0 Å². The first-order chi connectivity index (χ1) is 8.41. The predicted octanol–water partition coefficient (Wildman–Crippen LogP) is 4.86. The fraction of sp³-hybridized carbons (Fsp3) is 0.182. The summed E-state index contributed by atoms with van der Waals surface area (Å²) in [5.41, 5.74) is -0.0523. The summed E-state index contributed by atoms with van der Waals surface area (Å²) in [7, 11) is 0. The molecular formula is C11H6BrClF3NO. The number of benzene rings is 1. The van der Waals surface area contributed by atoms with Gasteiger partial charge < -0.3 is 4.42 Å². The molecule has 18 heavy (non-hydrogen) atoms. The predicted molar refractivity (Wildman–Crippen MR) is 64.2 cm³/mol. The van der Waals surface area contributed by atoms with Crippen LogP contribution in [0.5, 0.6) is 0 Å². The van der Waals surface area contributed by atoms with Gasteiger partial charge in [0.2, 0.25) is 5.89 Å². The van der Waals surface area contributed by atoms with E-state index >= 15 is 0 Å². The van der Waals surface area contributed by atoms with Crippen LogP contribution in [0, 0.1) is 0 Å². The van der Waals surface area contributed by atoms with Crippen molar-refractivity contribution in [3.05, 3.63) is 40.2 Å². The van der Waals surface area contributed by atoms with E-state index < -0.39 is 11.7 Å². The molecular weight excluding hydrogens is 334 g/mol. The van der Waals surface area contributed by atoms with E-state index in [1.54, 1.807) is 0 Å². The Morgan fingerprint density at radius 1 is 1.33 bits per heavy atom. The van der Waals surface area contributed by atoms with E-state index in [0.29, 0.717) is 10.2 Å². The fourth-order valence-electron chi connectivity index (χ4n) is 1.36. The molecule has 0 bridgehead atoms. The van der Waals surface area contributed by atoms with Gasteiger partial charge in [-0.05, 0) is 34.1 Å². The van der Waals surface area contributed by atoms with Crippen molar-refractivity contribution in [2.45, 2.75) is 12.1 Å². The van der Waals surface area contributed by atoms with Gasteiger partial charge in [0.05, 0.1) is 22.7 Å². The zero-order valence-electron chi connectivity index (χ0n) is 8.76. The Morgan fingerprint density at radius 2 is 2.06 bits per heavy atom. The van der Waals surface area contributed by atoms with Crippen molar-refractivity contribution >= 4 is 27.5 Å². The smallest absolute Gasteiger partial charge is 0.416 e. The zero-order chi connectivity index (χ0) is 13.3. The fourth-order valence-corrected chi connectivity index (χ4v) is 1.90. The van der Waals surface area contributed by atoms with Gasteiger partial charge in [-0.1, -0.05) is 0 Å². The van der Waals surface area contributed by atoms with Crippen LogP contribution in [-0.4, -0.2) is 4.98 Å². The lowest BCUT2D eigenvalue weighted by molar-refractivity contribution is -0.137. The number of oxazole rings is 1. The zero-order valence-corrected chi connectivity index (χ0v) is 11.1. The van der Waals surface area contributed by atoms with E-state index in [0.717, 1.165) is 12.1 Å². The minimum atomic E-state index is -4.41. The molecule has 1 aromatic carbocycles. The Labute approximate surface area is 114 Å². The highest BCUT2D eigenvalue weighted by atomic mass is 79.9. The molecule has 0 aliphatic carbocycles. The number of rotatable bonds is 2. The number of hydrogen-bond acceptors (Lipinski definition) is 2. The lowest BCUT2D eigenvalue weighted by Gasteiger charge is -2.08. The van der Waals surface area contributed by atoms with Crippen LogP contribution in [0.1, 0.15) is 11.3 Å². The van der Waals surface area contributed by atoms with E-state index in [1.807, 2.05) is 0 Å². The molecule has 0 saturated heterocycles. The second kappa shape index (κ2) is 4.93. The maximum absolute atomic E-state index is 12.6. The number of aromatic nitrogens is 1. The molecule has 0 unspecified atom stereocenters. The molecule has 0 aliphatic rings. The van der Waals surface area contributed by atoms with Crippen LogP contribution in [-0.2, 0) is 12.1 Å². The summed E-state index contributed by atoms with van der Waals surface area (Å²) in [6.07, 6.45) is -3.09. The highest BCUT2D eigenvalue weighted by Crippen LogP contribution is 2.35. The van der Waals surface area contributed by atoms with Gasteiger partial charge in [0.1, 0.15) is 6.26 Å². The summed E-state index contributed by atoms with van der Waals surface area (Å²) in [5, 5.41) is 0. The van der Waals surface area contributed by atoms with Crippen molar-refractivity contribution in [3.8, 4) is 11.5 Å². The monoisotopic (exact) mass is 339 g/mol. The minimum Gasteiger partial charge on any atom is -0.444 e. The van der Waals surface area contributed by atoms with Gasteiger partial charge in [-0.3, -0.25) is 0 Å². The summed E-state index contributed by atoms with van der Waals surface area (Å²) in [4.78, 5) is 3.99. The SMILES string of the molecule is FC(F)(F)c1ccc(Br)c(-c2nc(CCl)co2)c1. The van der Waals surface area contributed by atoms with Crippen LogP contribution in [0.15, 0.2) is 33.4 Å². The molecule has 2 rings (SSSR count). The van der Waals surface area contributed by atoms with Crippen LogP contribution >= 0.6 is 27.5 Å². The molecule has 0 saturated carbocycles. The van der Waals surface area contributed by atoms with Crippen molar-refractivity contribution in [1.82, 2.24) is 4.98 Å². The van der Waals surface area contributed by atoms with Gasteiger partial charge in [-0.2, -0.15) is 13.2 Å². The summed E-state index contributed by atoms with van der Waals surface area (Å²) < 4.78 is 43.4. The van der Waals surface area contributed by atoms with Gasteiger partial charge >= 0.3 is 6.18 Å². The third-order valence-corrected chi connectivity index (χ3v) is 3.18. The second-order valence-corrected chi connectivity index (χ2v) is 4.59. The van der Waals surface area contributed by atoms with Gasteiger partial charge in [-0.15, -0.1) is 11.6 Å². The van der Waals surface area contributed by atoms with Crippen molar-refractivity contribution in [1.29, 1.82) is 0 Å². The molecule has 1 aromatic heterocycles. The summed E-state index contributed by atoms with van der Waals surface area (Å²) >= 11 is 8.72. The summed E-state index contributed by atoms with van der Waals surface area (Å²) in [5.74, 6) is 0.240. The molecule has 0 amide bonds. The molecule has 7 heteroatoms. The molecule has 0 fully saturated rings. The first-order valence-corrected chi connectivity index (χ1v) is 6.12. The second-order valence-electron chi connectivity index (χ2n) is 3.47. The van der Waals surface area contributed by atoms with E-state index in [-0.39, 0.29) is 17.3 Å². The maximum atomic E-state index is 12.6. The molecule has 0 spiro atoms. The quantitative estimate of drug-likeness (QED) is 0.730. The highest BCUT2D eigenvalue weighted by Gasteiger charge is 2.31. The molecule has 0 aliphatic heterocycles. The summed E-state index contributed by atoms with van der Waals surface area (Å²) in [6, 6.07) is 3.27. The Balaban J connectivity index is 2.49. The molecule has 2 nitrogen and oxygen atoms in total. The van der Waals surface area contributed by atoms with Gasteiger partial charge in [0, 0.05) is 4.47 Å². The van der Waals surface area contributed by atoms with E-state index in [4.69, 9.17) is 16.0 Å². The first kappa shape index (κ1) is 13.4. The number of nitrogens with zero attached hydrogens (tertiary/aromatic N) is 1. The van der Waals surface area contributed by atoms with Crippen molar-refractivity contribution in [2.24, 2.45) is 0 Å². The number of halogens is 5. The van der Waals surface area contributed by atoms with Crippen LogP contribution in [0.25, 0.3) is 11.5 Å². The largest absolute Gasteiger partial charge is 0.444 e. The lowest BCUT2D eigenvalue weighted by Crippen LogP contribution is -2.04. The minimum absolute atomic E-state index is 0.101. The van der Waals surface area contributed by atoms with Crippen molar-refractivity contribution in [2.75, 3.05) is 0 Å². The maximum Gasteiger partial charge on any atom is 0.416 e. The van der Waals surface area contributed by atoms with E-state index in [2.05, 4.69) is 20.9 Å². The Kier molecular flexibility index (Phi) is 3.68. The first-order valence-electron chi connectivity index (χ1n) is 4.79. The molecule has 0 radical (unpaired) electrons. The highest BCUT2D eigenvalue weighted by molar-refractivity contribution is 9.10. The number of alkyl halides is 4. The van der Waals surface area contributed by atoms with E-state index in [9.17, 15) is 13.2 Å². The van der Waals surface area contributed by atoms with Crippen molar-refractivity contribution < 1.29 is 17.6 Å². The molecule has 96 valence electrons.